The molecule has 1 aromatic rings. The molecule has 3 N–H and O–H groups in total. The van der Waals surface area contributed by atoms with Crippen LogP contribution in [0, 0.1) is 5.92 Å². The molecule has 1 saturated heterocycles. The summed E-state index contributed by atoms with van der Waals surface area (Å²) in [6.45, 7) is 1.54. The molecule has 0 spiro atoms. The first-order valence-corrected chi connectivity index (χ1v) is 7.98. The van der Waals surface area contributed by atoms with Crippen molar-refractivity contribution >= 4 is 18.3 Å². The molecule has 2 heterocycles. The third-order valence-electron chi connectivity index (χ3n) is 4.41. The standard InChI is InChI=1S/C15H23F3N4O2.ClH/c1-22-9-8-21-13(22)14(24,15(16,17)18)5-7-20-12(23)3-2-11-4-6-19-10-11;/h8-9,11,19,24H,2-7,10H2,1H3,(H,20,23);1H. The van der Waals surface area contributed by atoms with Crippen molar-refractivity contribution in [2.75, 3.05) is 19.6 Å². The number of alkyl halides is 3. The van der Waals surface area contributed by atoms with Crippen molar-refractivity contribution in [1.29, 1.82) is 0 Å². The molecular weight excluding hydrogens is 361 g/mol. The predicted molar refractivity (Wildman–Crippen MR) is 88.2 cm³/mol. The van der Waals surface area contributed by atoms with Gasteiger partial charge in [-0.1, -0.05) is 0 Å². The quantitative estimate of drug-likeness (QED) is 0.665. The van der Waals surface area contributed by atoms with Gasteiger partial charge >= 0.3 is 6.18 Å². The third kappa shape index (κ3) is 5.32. The predicted octanol–water partition coefficient (Wildman–Crippen LogP) is 1.49. The lowest BCUT2D eigenvalue weighted by atomic mass is 9.97. The van der Waals surface area contributed by atoms with Gasteiger partial charge in [0, 0.05) is 38.8 Å². The van der Waals surface area contributed by atoms with Gasteiger partial charge < -0.3 is 20.3 Å². The van der Waals surface area contributed by atoms with Crippen LogP contribution in [0.3, 0.4) is 0 Å². The number of amides is 1. The van der Waals surface area contributed by atoms with Crippen LogP contribution in [0.25, 0.3) is 0 Å². The summed E-state index contributed by atoms with van der Waals surface area (Å²) in [5.74, 6) is -0.344. The SMILES string of the molecule is Cl.Cn1ccnc1C(O)(CCNC(=O)CCC1CCNC1)C(F)(F)F. The van der Waals surface area contributed by atoms with E-state index in [-0.39, 0.29) is 31.3 Å². The molecule has 0 bridgehead atoms. The Bertz CT molecular complexity index is 561. The number of aliphatic hydroxyl groups is 1. The molecule has 6 nitrogen and oxygen atoms in total. The molecule has 1 fully saturated rings. The highest BCUT2D eigenvalue weighted by Crippen LogP contribution is 2.40. The smallest absolute Gasteiger partial charge is 0.374 e. The van der Waals surface area contributed by atoms with Gasteiger partial charge in [-0.15, -0.1) is 12.4 Å². The zero-order valence-electron chi connectivity index (χ0n) is 14.0. The van der Waals surface area contributed by atoms with Crippen molar-refractivity contribution < 1.29 is 23.1 Å². The lowest BCUT2D eigenvalue weighted by Crippen LogP contribution is -2.46. The minimum atomic E-state index is -4.88. The molecule has 1 amide bonds. The Balaban J connectivity index is 0.00000312. The van der Waals surface area contributed by atoms with Gasteiger partial charge in [-0.3, -0.25) is 4.79 Å². The summed E-state index contributed by atoms with van der Waals surface area (Å²) >= 11 is 0. The Morgan fingerprint density at radius 1 is 1.52 bits per heavy atom. The second-order valence-corrected chi connectivity index (χ2v) is 6.22. The molecule has 1 aliphatic rings. The van der Waals surface area contributed by atoms with Gasteiger partial charge in [-0.25, -0.2) is 4.98 Å². The molecule has 1 aliphatic heterocycles. The maximum atomic E-state index is 13.3. The highest BCUT2D eigenvalue weighted by atomic mass is 35.5. The topological polar surface area (TPSA) is 79.2 Å². The molecule has 25 heavy (non-hydrogen) atoms. The second kappa shape index (κ2) is 8.86. The number of nitrogens with one attached hydrogen (secondary N) is 2. The van der Waals surface area contributed by atoms with Crippen molar-refractivity contribution in [3.8, 4) is 0 Å². The summed E-state index contributed by atoms with van der Waals surface area (Å²) in [4.78, 5) is 15.4. The van der Waals surface area contributed by atoms with Gasteiger partial charge in [0.25, 0.3) is 0 Å². The lowest BCUT2D eigenvalue weighted by molar-refractivity contribution is -0.272. The number of imidazole rings is 1. The van der Waals surface area contributed by atoms with Gasteiger partial charge in [-0.2, -0.15) is 13.2 Å². The summed E-state index contributed by atoms with van der Waals surface area (Å²) < 4.78 is 41.0. The van der Waals surface area contributed by atoms with Gasteiger partial charge in [0.15, 0.2) is 0 Å². The number of hydrogen-bond donors (Lipinski definition) is 3. The molecule has 2 atom stereocenters. The number of aryl methyl sites for hydroxylation is 1. The highest BCUT2D eigenvalue weighted by Gasteiger charge is 2.57. The van der Waals surface area contributed by atoms with E-state index in [1.807, 2.05) is 0 Å². The van der Waals surface area contributed by atoms with Crippen molar-refractivity contribution in [2.24, 2.45) is 13.0 Å². The van der Waals surface area contributed by atoms with Crippen LogP contribution in [0.1, 0.15) is 31.5 Å². The number of hydrogen-bond acceptors (Lipinski definition) is 4. The molecule has 144 valence electrons. The molecule has 0 aliphatic carbocycles. The summed E-state index contributed by atoms with van der Waals surface area (Å²) in [6, 6.07) is 0. The van der Waals surface area contributed by atoms with Gasteiger partial charge in [0.1, 0.15) is 5.82 Å². The summed E-state index contributed by atoms with van der Waals surface area (Å²) in [5, 5.41) is 15.8. The van der Waals surface area contributed by atoms with Crippen LogP contribution >= 0.6 is 12.4 Å². The number of halogens is 4. The summed E-state index contributed by atoms with van der Waals surface area (Å²) in [7, 11) is 1.38. The Hall–Kier alpha value is -1.32. The average molecular weight is 385 g/mol. The van der Waals surface area contributed by atoms with Crippen LogP contribution in [-0.2, 0) is 17.4 Å². The molecule has 0 aromatic carbocycles. The first kappa shape index (κ1) is 21.7. The van der Waals surface area contributed by atoms with Gasteiger partial charge in [0.05, 0.1) is 0 Å². The largest absolute Gasteiger partial charge is 0.424 e. The molecular formula is C15H24ClF3N4O2. The maximum absolute atomic E-state index is 13.3. The van der Waals surface area contributed by atoms with Crippen molar-refractivity contribution in [3.63, 3.8) is 0 Å². The fourth-order valence-electron chi connectivity index (χ4n) is 2.91. The van der Waals surface area contributed by atoms with Crippen LogP contribution in [0.5, 0.6) is 0 Å². The van der Waals surface area contributed by atoms with E-state index < -0.39 is 24.0 Å². The van der Waals surface area contributed by atoms with Crippen LogP contribution in [0.2, 0.25) is 0 Å². The van der Waals surface area contributed by atoms with Gasteiger partial charge in [0.2, 0.25) is 11.5 Å². The molecule has 2 unspecified atom stereocenters. The molecule has 0 saturated carbocycles. The summed E-state index contributed by atoms with van der Waals surface area (Å²) in [6.07, 6.45) is -1.04. The number of nitrogens with zero attached hydrogens (tertiary/aromatic N) is 2. The molecule has 10 heteroatoms. The second-order valence-electron chi connectivity index (χ2n) is 6.22. The zero-order chi connectivity index (χ0) is 17.8. The van der Waals surface area contributed by atoms with E-state index in [0.29, 0.717) is 12.3 Å². The molecule has 2 rings (SSSR count). The van der Waals surface area contributed by atoms with Crippen LogP contribution in [0.4, 0.5) is 13.2 Å². The van der Waals surface area contributed by atoms with Gasteiger partial charge in [-0.05, 0) is 31.8 Å². The van der Waals surface area contributed by atoms with Crippen molar-refractivity contribution in [3.05, 3.63) is 18.2 Å². The van der Waals surface area contributed by atoms with E-state index in [4.69, 9.17) is 0 Å². The fourth-order valence-corrected chi connectivity index (χ4v) is 2.91. The van der Waals surface area contributed by atoms with E-state index in [1.54, 1.807) is 0 Å². The molecule has 1 aromatic heterocycles. The van der Waals surface area contributed by atoms with Crippen molar-refractivity contribution in [2.45, 2.75) is 37.5 Å². The Labute approximate surface area is 150 Å². The Kier molecular flexibility index (Phi) is 7.70. The Morgan fingerprint density at radius 3 is 2.76 bits per heavy atom. The van der Waals surface area contributed by atoms with E-state index in [9.17, 15) is 23.1 Å². The lowest BCUT2D eigenvalue weighted by Gasteiger charge is -2.30. The van der Waals surface area contributed by atoms with Crippen LogP contribution in [0.15, 0.2) is 12.4 Å². The van der Waals surface area contributed by atoms with E-state index in [2.05, 4.69) is 15.6 Å². The van der Waals surface area contributed by atoms with Crippen LogP contribution in [-0.4, -0.2) is 46.4 Å². The fraction of sp³-hybridized carbons (Fsp3) is 0.733. The minimum Gasteiger partial charge on any atom is -0.374 e. The highest BCUT2D eigenvalue weighted by molar-refractivity contribution is 5.85. The minimum absolute atomic E-state index is 0. The number of carbonyl (C=O) groups excluding carboxylic acids is 1. The van der Waals surface area contributed by atoms with Crippen molar-refractivity contribution in [1.82, 2.24) is 20.2 Å². The monoisotopic (exact) mass is 384 g/mol. The van der Waals surface area contributed by atoms with E-state index >= 15 is 0 Å². The zero-order valence-corrected chi connectivity index (χ0v) is 14.8. The first-order valence-electron chi connectivity index (χ1n) is 7.98. The van der Waals surface area contributed by atoms with E-state index in [0.717, 1.165) is 24.1 Å². The summed E-state index contributed by atoms with van der Waals surface area (Å²) in [5.41, 5.74) is -3.09. The van der Waals surface area contributed by atoms with Crippen LogP contribution < -0.4 is 10.6 Å². The number of rotatable bonds is 7. The average Bonchev–Trinajstić information content (AvgIpc) is 3.15. The van der Waals surface area contributed by atoms with E-state index in [1.165, 1.54) is 19.4 Å². The third-order valence-corrected chi connectivity index (χ3v) is 4.41. The normalized spacial score (nSPS) is 20.0. The number of aromatic nitrogens is 2. The maximum Gasteiger partial charge on any atom is 0.424 e. The Morgan fingerprint density at radius 2 is 2.24 bits per heavy atom. The molecule has 0 radical (unpaired) electrons. The number of carbonyl (C=O) groups is 1. The first-order chi connectivity index (χ1) is 11.2.